The van der Waals surface area contributed by atoms with Gasteiger partial charge in [-0.1, -0.05) is 55.5 Å². The van der Waals surface area contributed by atoms with Crippen molar-refractivity contribution >= 4 is 11.6 Å². The predicted octanol–water partition coefficient (Wildman–Crippen LogP) is 4.73. The highest BCUT2D eigenvalue weighted by molar-refractivity contribution is 5.93. The van der Waals surface area contributed by atoms with Crippen LogP contribution in [0.25, 0.3) is 0 Å². The Hall–Kier alpha value is -2.13. The number of amides is 1. The van der Waals surface area contributed by atoms with Gasteiger partial charge in [-0.05, 0) is 49.4 Å². The Morgan fingerprint density at radius 2 is 1.77 bits per heavy atom. The van der Waals surface area contributed by atoms with Crippen LogP contribution in [0, 0.1) is 5.92 Å². The molecule has 1 aliphatic heterocycles. The highest BCUT2D eigenvalue weighted by atomic mass is 16.2. The summed E-state index contributed by atoms with van der Waals surface area (Å²) in [7, 11) is 0. The number of anilines is 1. The summed E-state index contributed by atoms with van der Waals surface area (Å²) < 4.78 is 0. The topological polar surface area (TPSA) is 23.6 Å². The van der Waals surface area contributed by atoms with Crippen molar-refractivity contribution in [1.82, 2.24) is 4.90 Å². The maximum Gasteiger partial charge on any atom is 0.226 e. The molecule has 0 aliphatic carbocycles. The minimum absolute atomic E-state index is 0.216. The van der Waals surface area contributed by atoms with E-state index in [1.165, 1.54) is 24.9 Å². The second-order valence-corrected chi connectivity index (χ2v) is 7.25. The first-order valence-corrected chi connectivity index (χ1v) is 9.88. The third kappa shape index (κ3) is 5.18. The molecule has 138 valence electrons. The number of hydrogen-bond acceptors (Lipinski definition) is 2. The first-order chi connectivity index (χ1) is 12.8. The molecule has 0 spiro atoms. The summed E-state index contributed by atoms with van der Waals surface area (Å²) in [6.07, 6.45) is 4.16. The number of nitrogens with zero attached hydrogens (tertiary/aromatic N) is 2. The monoisotopic (exact) mass is 350 g/mol. The van der Waals surface area contributed by atoms with Gasteiger partial charge in [0, 0.05) is 31.7 Å². The molecule has 1 amide bonds. The molecule has 1 heterocycles. The van der Waals surface area contributed by atoms with Gasteiger partial charge < -0.3 is 4.90 Å². The largest absolute Gasteiger partial charge is 0.312 e. The molecule has 0 saturated carbocycles. The smallest absolute Gasteiger partial charge is 0.226 e. The predicted molar refractivity (Wildman–Crippen MR) is 108 cm³/mol. The van der Waals surface area contributed by atoms with E-state index in [4.69, 9.17) is 0 Å². The zero-order valence-electron chi connectivity index (χ0n) is 15.8. The van der Waals surface area contributed by atoms with Gasteiger partial charge >= 0.3 is 0 Å². The standard InChI is InChI=1S/C23H30N2O/c1-2-23(26)25(22-13-7-4-8-14-22)17-15-21-12-9-16-24(19-21)18-20-10-5-3-6-11-20/h3-8,10-11,13-14,21H,2,9,12,15-19H2,1H3. The molecule has 1 aliphatic rings. The lowest BCUT2D eigenvalue weighted by atomic mass is 9.94. The van der Waals surface area contributed by atoms with E-state index in [1.807, 2.05) is 42.2 Å². The number of piperidine rings is 1. The van der Waals surface area contributed by atoms with Gasteiger partial charge in [0.25, 0.3) is 0 Å². The van der Waals surface area contributed by atoms with Crippen LogP contribution in [0.15, 0.2) is 60.7 Å². The molecule has 1 atom stereocenters. The van der Waals surface area contributed by atoms with Gasteiger partial charge in [0.1, 0.15) is 0 Å². The molecule has 3 rings (SSSR count). The van der Waals surface area contributed by atoms with Gasteiger partial charge in [-0.3, -0.25) is 9.69 Å². The SMILES string of the molecule is CCC(=O)N(CCC1CCCN(Cc2ccccc2)C1)c1ccccc1. The average Bonchev–Trinajstić information content (AvgIpc) is 2.70. The van der Waals surface area contributed by atoms with Crippen molar-refractivity contribution in [3.63, 3.8) is 0 Å². The zero-order valence-corrected chi connectivity index (χ0v) is 15.8. The Morgan fingerprint density at radius 1 is 1.08 bits per heavy atom. The number of carbonyl (C=O) groups is 1. The van der Waals surface area contributed by atoms with Crippen LogP contribution in [0.4, 0.5) is 5.69 Å². The van der Waals surface area contributed by atoms with E-state index in [-0.39, 0.29) is 5.91 Å². The Morgan fingerprint density at radius 3 is 2.46 bits per heavy atom. The summed E-state index contributed by atoms with van der Waals surface area (Å²) in [6, 6.07) is 20.8. The molecular formula is C23H30N2O. The number of benzene rings is 2. The average molecular weight is 351 g/mol. The van der Waals surface area contributed by atoms with Crippen LogP contribution in [0.1, 0.15) is 38.2 Å². The van der Waals surface area contributed by atoms with Crippen molar-refractivity contribution in [2.75, 3.05) is 24.5 Å². The molecule has 1 saturated heterocycles. The molecule has 26 heavy (non-hydrogen) atoms. The van der Waals surface area contributed by atoms with Crippen LogP contribution >= 0.6 is 0 Å². The number of para-hydroxylation sites is 1. The van der Waals surface area contributed by atoms with Crippen LogP contribution in [0.3, 0.4) is 0 Å². The number of likely N-dealkylation sites (tertiary alicyclic amines) is 1. The summed E-state index contributed by atoms with van der Waals surface area (Å²) in [5, 5.41) is 0. The second-order valence-electron chi connectivity index (χ2n) is 7.25. The lowest BCUT2D eigenvalue weighted by molar-refractivity contribution is -0.118. The number of hydrogen-bond donors (Lipinski definition) is 0. The lowest BCUT2D eigenvalue weighted by Gasteiger charge is -2.34. The zero-order chi connectivity index (χ0) is 18.2. The second kappa shape index (κ2) is 9.54. The summed E-state index contributed by atoms with van der Waals surface area (Å²) in [5.41, 5.74) is 2.41. The summed E-state index contributed by atoms with van der Waals surface area (Å²) >= 11 is 0. The van der Waals surface area contributed by atoms with Crippen LogP contribution in [0.2, 0.25) is 0 Å². The molecule has 3 heteroatoms. The van der Waals surface area contributed by atoms with E-state index < -0.39 is 0 Å². The Bertz CT molecular complexity index is 671. The summed E-state index contributed by atoms with van der Waals surface area (Å²) in [5.74, 6) is 0.886. The summed E-state index contributed by atoms with van der Waals surface area (Å²) in [6.45, 7) is 6.12. The Kier molecular flexibility index (Phi) is 6.84. The van der Waals surface area contributed by atoms with E-state index in [0.29, 0.717) is 12.3 Å². The molecule has 2 aromatic rings. The van der Waals surface area contributed by atoms with Crippen LogP contribution in [-0.4, -0.2) is 30.4 Å². The maximum absolute atomic E-state index is 12.4. The van der Waals surface area contributed by atoms with Gasteiger partial charge in [0.15, 0.2) is 0 Å². The third-order valence-corrected chi connectivity index (χ3v) is 5.28. The van der Waals surface area contributed by atoms with E-state index in [1.54, 1.807) is 0 Å². The van der Waals surface area contributed by atoms with Crippen molar-refractivity contribution in [1.29, 1.82) is 0 Å². The molecular weight excluding hydrogens is 320 g/mol. The van der Waals surface area contributed by atoms with E-state index >= 15 is 0 Å². The molecule has 0 bridgehead atoms. The van der Waals surface area contributed by atoms with Crippen LogP contribution in [0.5, 0.6) is 0 Å². The fourth-order valence-corrected chi connectivity index (χ4v) is 3.88. The van der Waals surface area contributed by atoms with Gasteiger partial charge in [-0.25, -0.2) is 0 Å². The van der Waals surface area contributed by atoms with Crippen LogP contribution in [-0.2, 0) is 11.3 Å². The van der Waals surface area contributed by atoms with Crippen molar-refractivity contribution < 1.29 is 4.79 Å². The first kappa shape index (κ1) is 18.7. The minimum Gasteiger partial charge on any atom is -0.312 e. The fraction of sp³-hybridized carbons (Fsp3) is 0.435. The Balaban J connectivity index is 1.56. The molecule has 1 fully saturated rings. The third-order valence-electron chi connectivity index (χ3n) is 5.28. The maximum atomic E-state index is 12.4. The summed E-state index contributed by atoms with van der Waals surface area (Å²) in [4.78, 5) is 16.9. The van der Waals surface area contributed by atoms with Crippen molar-refractivity contribution in [2.45, 2.75) is 39.2 Å². The van der Waals surface area contributed by atoms with Gasteiger partial charge in [-0.2, -0.15) is 0 Å². The van der Waals surface area contributed by atoms with Gasteiger partial charge in [-0.15, -0.1) is 0 Å². The van der Waals surface area contributed by atoms with Gasteiger partial charge in [0.05, 0.1) is 0 Å². The molecule has 0 N–H and O–H groups in total. The molecule has 0 radical (unpaired) electrons. The van der Waals surface area contributed by atoms with Crippen LogP contribution < -0.4 is 4.90 Å². The van der Waals surface area contributed by atoms with Gasteiger partial charge in [0.2, 0.25) is 5.91 Å². The first-order valence-electron chi connectivity index (χ1n) is 9.88. The Labute approximate surface area is 157 Å². The van der Waals surface area contributed by atoms with Crippen molar-refractivity contribution in [3.8, 4) is 0 Å². The van der Waals surface area contributed by atoms with Crippen molar-refractivity contribution in [2.24, 2.45) is 5.92 Å². The van der Waals surface area contributed by atoms with E-state index in [9.17, 15) is 4.79 Å². The fourth-order valence-electron chi connectivity index (χ4n) is 3.88. The number of rotatable bonds is 7. The highest BCUT2D eigenvalue weighted by Gasteiger charge is 2.22. The van der Waals surface area contributed by atoms with E-state index in [2.05, 4.69) is 35.2 Å². The lowest BCUT2D eigenvalue weighted by Crippen LogP contribution is -2.38. The molecule has 2 aromatic carbocycles. The minimum atomic E-state index is 0.216. The van der Waals surface area contributed by atoms with E-state index in [0.717, 1.165) is 31.7 Å². The molecule has 1 unspecified atom stereocenters. The highest BCUT2D eigenvalue weighted by Crippen LogP contribution is 2.23. The number of carbonyl (C=O) groups excluding carboxylic acids is 1. The van der Waals surface area contributed by atoms with Crippen molar-refractivity contribution in [3.05, 3.63) is 66.2 Å². The molecule has 0 aromatic heterocycles. The normalized spacial score (nSPS) is 17.8. The quantitative estimate of drug-likeness (QED) is 0.720. The molecule has 3 nitrogen and oxygen atoms in total.